The van der Waals surface area contributed by atoms with E-state index >= 15 is 0 Å². The van der Waals surface area contributed by atoms with E-state index in [2.05, 4.69) is 25.2 Å². The molecular weight excluding hydrogens is 198 g/mol. The number of halogens is 1. The van der Waals surface area contributed by atoms with Crippen molar-refractivity contribution in [2.45, 2.75) is 0 Å². The fourth-order valence-corrected chi connectivity index (χ4v) is 0.780. The summed E-state index contributed by atoms with van der Waals surface area (Å²) in [6.45, 7) is 6.55. The first-order valence-electron chi connectivity index (χ1n) is 2.40. The number of hydrogen-bond donors (Lipinski definition) is 0. The molecule has 50 valence electrons. The topological polar surface area (TPSA) is 34.6 Å². The predicted octanol–water partition coefficient (Wildman–Crippen LogP) is 1.95. The molecule has 0 saturated carbocycles. The summed E-state index contributed by atoms with van der Waals surface area (Å²) in [5.41, 5.74) is -0.154. The molecule has 10 heavy (non-hydrogen) atoms. The van der Waals surface area contributed by atoms with Crippen LogP contribution in [0.1, 0.15) is 0 Å². The minimum absolute atomic E-state index is 0.279. The Morgan fingerprint density at radius 1 is 1.70 bits per heavy atom. The van der Waals surface area contributed by atoms with Crippen LogP contribution in [0, 0.1) is 6.57 Å². The zero-order valence-electron chi connectivity index (χ0n) is 4.80. The van der Waals surface area contributed by atoms with Crippen LogP contribution in [0.25, 0.3) is 4.85 Å². The Hall–Kier alpha value is -1.08. The van der Waals surface area contributed by atoms with Crippen molar-refractivity contribution in [2.75, 3.05) is 0 Å². The zero-order valence-corrected chi connectivity index (χ0v) is 6.38. The lowest BCUT2D eigenvalue weighted by molar-refractivity contribution is 0.509. The Bertz CT molecular complexity index is 336. The third-order valence-corrected chi connectivity index (χ3v) is 1.44. The molecule has 0 N–H and O–H groups in total. The van der Waals surface area contributed by atoms with Gasteiger partial charge in [0.25, 0.3) is 0 Å². The normalized spacial score (nSPS) is 8.80. The molecule has 4 heteroatoms. The van der Waals surface area contributed by atoms with Crippen molar-refractivity contribution >= 4 is 21.6 Å². The van der Waals surface area contributed by atoms with Crippen molar-refractivity contribution < 1.29 is 4.42 Å². The van der Waals surface area contributed by atoms with Gasteiger partial charge in [-0.15, -0.1) is 0 Å². The Kier molecular flexibility index (Phi) is 1.88. The van der Waals surface area contributed by atoms with Gasteiger partial charge in [-0.05, 0) is 22.0 Å². The van der Waals surface area contributed by atoms with Crippen molar-refractivity contribution in [3.8, 4) is 0 Å². The second-order valence-corrected chi connectivity index (χ2v) is 2.41. The molecule has 1 aromatic rings. The van der Waals surface area contributed by atoms with Gasteiger partial charge in [-0.25, -0.2) is 9.64 Å². The van der Waals surface area contributed by atoms with E-state index in [1.165, 1.54) is 6.07 Å². The maximum atomic E-state index is 10.6. The number of rotatable bonds is 0. The van der Waals surface area contributed by atoms with E-state index in [-0.39, 0.29) is 4.47 Å². The van der Waals surface area contributed by atoms with E-state index in [9.17, 15) is 4.79 Å². The zero-order chi connectivity index (χ0) is 7.56. The lowest BCUT2D eigenvalue weighted by atomic mass is 10.5. The SMILES string of the molecule is [C-]#[N+]c1coc(=O)c(Br)c1. The number of hydrogen-bond acceptors (Lipinski definition) is 2. The molecule has 0 aliphatic carbocycles. The maximum Gasteiger partial charge on any atom is 0.347 e. The van der Waals surface area contributed by atoms with Crippen LogP contribution in [-0.4, -0.2) is 0 Å². The van der Waals surface area contributed by atoms with Crippen LogP contribution >= 0.6 is 15.9 Å². The molecule has 1 heterocycles. The summed E-state index contributed by atoms with van der Waals surface area (Å²) in [5, 5.41) is 0. The van der Waals surface area contributed by atoms with Gasteiger partial charge in [0.1, 0.15) is 6.26 Å². The molecule has 0 unspecified atom stereocenters. The molecule has 0 fully saturated rings. The van der Waals surface area contributed by atoms with Crippen LogP contribution in [-0.2, 0) is 0 Å². The Morgan fingerprint density at radius 3 is 2.90 bits per heavy atom. The monoisotopic (exact) mass is 199 g/mol. The largest absolute Gasteiger partial charge is 0.442 e. The van der Waals surface area contributed by atoms with Gasteiger partial charge in [-0.3, -0.25) is 0 Å². The lowest BCUT2D eigenvalue weighted by Crippen LogP contribution is -1.96. The summed E-state index contributed by atoms with van der Waals surface area (Å²) in [6.07, 6.45) is 1.13. The molecule has 0 aromatic carbocycles. The van der Waals surface area contributed by atoms with Gasteiger partial charge < -0.3 is 4.42 Å². The second-order valence-electron chi connectivity index (χ2n) is 1.55. The quantitative estimate of drug-likeness (QED) is 0.599. The summed E-state index contributed by atoms with van der Waals surface area (Å²) in [7, 11) is 0. The minimum atomic E-state index is -0.465. The molecular formula is C6H2BrNO2. The van der Waals surface area contributed by atoms with Gasteiger partial charge in [0.2, 0.25) is 5.69 Å². The van der Waals surface area contributed by atoms with E-state index < -0.39 is 5.63 Å². The van der Waals surface area contributed by atoms with E-state index in [1.54, 1.807) is 0 Å². The summed E-state index contributed by atoms with van der Waals surface area (Å²) >= 11 is 2.94. The first-order chi connectivity index (χ1) is 4.74. The van der Waals surface area contributed by atoms with Crippen molar-refractivity contribution in [3.63, 3.8) is 0 Å². The molecule has 3 nitrogen and oxygen atoms in total. The highest BCUT2D eigenvalue weighted by atomic mass is 79.9. The summed E-state index contributed by atoms with van der Waals surface area (Å²) in [5.74, 6) is 0. The summed E-state index contributed by atoms with van der Waals surface area (Å²) in [4.78, 5) is 13.6. The van der Waals surface area contributed by atoms with Crippen LogP contribution in [0.15, 0.2) is 26.0 Å². The van der Waals surface area contributed by atoms with Gasteiger partial charge in [0.15, 0.2) is 0 Å². The highest BCUT2D eigenvalue weighted by Gasteiger charge is 1.97. The molecule has 0 spiro atoms. The lowest BCUT2D eigenvalue weighted by Gasteiger charge is -1.86. The Labute approximate surface area is 65.2 Å². The summed E-state index contributed by atoms with van der Waals surface area (Å²) in [6, 6.07) is 1.42. The van der Waals surface area contributed by atoms with E-state index in [4.69, 9.17) is 6.57 Å². The van der Waals surface area contributed by atoms with Crippen LogP contribution in [0.4, 0.5) is 5.69 Å². The second kappa shape index (κ2) is 2.67. The highest BCUT2D eigenvalue weighted by Crippen LogP contribution is 2.13. The third-order valence-electron chi connectivity index (χ3n) is 0.885. The third kappa shape index (κ3) is 1.25. The molecule has 0 aliphatic rings. The van der Waals surface area contributed by atoms with Gasteiger partial charge >= 0.3 is 5.63 Å². The first kappa shape index (κ1) is 7.03. The van der Waals surface area contributed by atoms with Gasteiger partial charge in [-0.1, -0.05) is 0 Å². The molecule has 0 aliphatic heterocycles. The Balaban J connectivity index is 3.34. The predicted molar refractivity (Wildman–Crippen MR) is 38.9 cm³/mol. The average molecular weight is 200 g/mol. The van der Waals surface area contributed by atoms with Gasteiger partial charge in [0.05, 0.1) is 11.0 Å². The Morgan fingerprint density at radius 2 is 2.40 bits per heavy atom. The molecule has 1 aromatic heterocycles. The van der Waals surface area contributed by atoms with E-state index in [1.807, 2.05) is 0 Å². The van der Waals surface area contributed by atoms with Gasteiger partial charge in [-0.2, -0.15) is 0 Å². The number of nitrogens with zero attached hydrogens (tertiary/aromatic N) is 1. The fourth-order valence-electron chi connectivity index (χ4n) is 0.452. The average Bonchev–Trinajstić information content (AvgIpc) is 1.95. The standard InChI is InChI=1S/C6H2BrNO2/c1-8-4-2-5(7)6(9)10-3-4/h2-3H. The smallest absolute Gasteiger partial charge is 0.347 e. The van der Waals surface area contributed by atoms with Crippen molar-refractivity contribution in [3.05, 3.63) is 38.6 Å². The van der Waals surface area contributed by atoms with E-state index in [0.29, 0.717) is 5.69 Å². The molecule has 0 bridgehead atoms. The van der Waals surface area contributed by atoms with Crippen LogP contribution in [0.3, 0.4) is 0 Å². The van der Waals surface area contributed by atoms with Gasteiger partial charge in [0, 0.05) is 0 Å². The molecule has 0 saturated heterocycles. The summed E-state index contributed by atoms with van der Waals surface area (Å²) < 4.78 is 4.74. The van der Waals surface area contributed by atoms with E-state index in [0.717, 1.165) is 6.26 Å². The van der Waals surface area contributed by atoms with Crippen LogP contribution in [0.5, 0.6) is 0 Å². The van der Waals surface area contributed by atoms with Crippen LogP contribution in [0.2, 0.25) is 0 Å². The highest BCUT2D eigenvalue weighted by molar-refractivity contribution is 9.10. The van der Waals surface area contributed by atoms with Crippen LogP contribution < -0.4 is 5.63 Å². The molecule has 0 amide bonds. The van der Waals surface area contributed by atoms with Crippen molar-refractivity contribution in [1.82, 2.24) is 0 Å². The molecule has 1 rings (SSSR count). The molecule has 0 radical (unpaired) electrons. The van der Waals surface area contributed by atoms with Crippen molar-refractivity contribution in [2.24, 2.45) is 0 Å². The maximum absolute atomic E-state index is 10.6. The first-order valence-corrected chi connectivity index (χ1v) is 3.19. The fraction of sp³-hybridized carbons (Fsp3) is 0. The minimum Gasteiger partial charge on any atom is -0.442 e. The van der Waals surface area contributed by atoms with Crippen molar-refractivity contribution in [1.29, 1.82) is 0 Å². The molecule has 0 atom stereocenters.